The van der Waals surface area contributed by atoms with Crippen molar-refractivity contribution in [3.05, 3.63) is 23.6 Å². The first-order chi connectivity index (χ1) is 9.10. The summed E-state index contributed by atoms with van der Waals surface area (Å²) in [6.45, 7) is 2.20. The van der Waals surface area contributed by atoms with E-state index < -0.39 is 5.82 Å². The molecular weight excluding hydrogens is 245 g/mol. The predicted molar refractivity (Wildman–Crippen MR) is 72.6 cm³/mol. The van der Waals surface area contributed by atoms with Crippen LogP contribution in [0.3, 0.4) is 0 Å². The van der Waals surface area contributed by atoms with Crippen molar-refractivity contribution in [2.45, 2.75) is 38.6 Å². The van der Waals surface area contributed by atoms with E-state index in [2.05, 4.69) is 22.5 Å². The van der Waals surface area contributed by atoms with Gasteiger partial charge in [0.25, 0.3) is 5.91 Å². The van der Waals surface area contributed by atoms with E-state index in [0.717, 1.165) is 25.5 Å². The number of aromatic nitrogens is 1. The van der Waals surface area contributed by atoms with Crippen LogP contribution in [0.25, 0.3) is 0 Å². The fourth-order valence-corrected chi connectivity index (χ4v) is 2.64. The molecule has 0 aromatic carbocycles. The zero-order valence-corrected chi connectivity index (χ0v) is 11.4. The van der Waals surface area contributed by atoms with Gasteiger partial charge in [0.05, 0.1) is 11.8 Å². The van der Waals surface area contributed by atoms with E-state index >= 15 is 0 Å². The smallest absolute Gasteiger partial charge is 0.255 e. The van der Waals surface area contributed by atoms with E-state index in [9.17, 15) is 9.18 Å². The van der Waals surface area contributed by atoms with Gasteiger partial charge in [-0.05, 0) is 24.8 Å². The Balaban J connectivity index is 2.09. The van der Waals surface area contributed by atoms with Crippen molar-refractivity contribution in [3.8, 4) is 0 Å². The van der Waals surface area contributed by atoms with Crippen LogP contribution in [0.2, 0.25) is 0 Å². The van der Waals surface area contributed by atoms with Crippen LogP contribution >= 0.6 is 0 Å². The molecule has 4 nitrogen and oxygen atoms in total. The van der Waals surface area contributed by atoms with Gasteiger partial charge in [0.1, 0.15) is 11.6 Å². The van der Waals surface area contributed by atoms with Gasteiger partial charge in [0.15, 0.2) is 0 Å². The van der Waals surface area contributed by atoms with Gasteiger partial charge in [-0.1, -0.05) is 19.8 Å². The van der Waals surface area contributed by atoms with Crippen molar-refractivity contribution < 1.29 is 9.18 Å². The van der Waals surface area contributed by atoms with Crippen molar-refractivity contribution in [1.29, 1.82) is 0 Å². The van der Waals surface area contributed by atoms with E-state index in [1.54, 1.807) is 7.05 Å². The van der Waals surface area contributed by atoms with Crippen LogP contribution in [0, 0.1) is 11.7 Å². The summed E-state index contributed by atoms with van der Waals surface area (Å²) in [4.78, 5) is 16.1. The summed E-state index contributed by atoms with van der Waals surface area (Å²) in [5.41, 5.74) is 0.265. The Morgan fingerprint density at radius 3 is 2.95 bits per heavy atom. The minimum atomic E-state index is -0.499. The molecule has 2 rings (SSSR count). The summed E-state index contributed by atoms with van der Waals surface area (Å²) in [5.74, 6) is 0.285. The molecular formula is C14H20FN3O. The van der Waals surface area contributed by atoms with Crippen molar-refractivity contribution >= 4 is 11.7 Å². The van der Waals surface area contributed by atoms with E-state index in [1.165, 1.54) is 12.5 Å². The molecule has 0 saturated heterocycles. The van der Waals surface area contributed by atoms with Gasteiger partial charge in [0.2, 0.25) is 0 Å². The van der Waals surface area contributed by atoms with Crippen molar-refractivity contribution in [1.82, 2.24) is 10.3 Å². The standard InChI is InChI=1S/C14H20FN3O/c1-9-4-3-5-11(6-9)18-14(19)12-7-10(15)8-17-13(12)16-2/h7-9,11H,3-6H2,1-2H3,(H,16,17)(H,18,19). The second-order valence-electron chi connectivity index (χ2n) is 5.24. The number of anilines is 1. The highest BCUT2D eigenvalue weighted by Crippen LogP contribution is 2.24. The number of nitrogens with zero attached hydrogens (tertiary/aromatic N) is 1. The summed E-state index contributed by atoms with van der Waals surface area (Å²) < 4.78 is 13.2. The summed E-state index contributed by atoms with van der Waals surface area (Å²) in [7, 11) is 1.67. The topological polar surface area (TPSA) is 54.0 Å². The lowest BCUT2D eigenvalue weighted by Gasteiger charge is -2.27. The number of pyridine rings is 1. The molecule has 1 aromatic rings. The molecule has 1 aliphatic rings. The van der Waals surface area contributed by atoms with Crippen LogP contribution < -0.4 is 10.6 Å². The molecule has 1 amide bonds. The summed E-state index contributed by atoms with van der Waals surface area (Å²) >= 11 is 0. The zero-order chi connectivity index (χ0) is 13.8. The van der Waals surface area contributed by atoms with Crippen molar-refractivity contribution in [3.63, 3.8) is 0 Å². The van der Waals surface area contributed by atoms with E-state index in [1.807, 2.05) is 0 Å². The van der Waals surface area contributed by atoms with Crippen LogP contribution in [-0.2, 0) is 0 Å². The molecule has 19 heavy (non-hydrogen) atoms. The van der Waals surface area contributed by atoms with Crippen LogP contribution in [0.1, 0.15) is 43.0 Å². The molecule has 1 aromatic heterocycles. The zero-order valence-electron chi connectivity index (χ0n) is 11.4. The first-order valence-electron chi connectivity index (χ1n) is 6.74. The number of rotatable bonds is 3. The minimum Gasteiger partial charge on any atom is -0.372 e. The molecule has 5 heteroatoms. The maximum atomic E-state index is 13.2. The number of carbonyl (C=O) groups excluding carboxylic acids is 1. The second kappa shape index (κ2) is 5.99. The molecule has 1 heterocycles. The molecule has 0 aliphatic heterocycles. The summed E-state index contributed by atoms with van der Waals surface area (Å²) in [6, 6.07) is 1.41. The largest absolute Gasteiger partial charge is 0.372 e. The Bertz CT molecular complexity index is 464. The van der Waals surface area contributed by atoms with Gasteiger partial charge in [-0.25, -0.2) is 9.37 Å². The average molecular weight is 265 g/mol. The fraction of sp³-hybridized carbons (Fsp3) is 0.571. The monoisotopic (exact) mass is 265 g/mol. The molecule has 2 atom stereocenters. The number of carbonyl (C=O) groups is 1. The summed E-state index contributed by atoms with van der Waals surface area (Å²) in [5, 5.41) is 5.79. The van der Waals surface area contributed by atoms with Gasteiger partial charge in [-0.3, -0.25) is 4.79 Å². The highest BCUT2D eigenvalue weighted by molar-refractivity contribution is 5.98. The maximum absolute atomic E-state index is 13.2. The van der Waals surface area contributed by atoms with E-state index in [-0.39, 0.29) is 17.5 Å². The highest BCUT2D eigenvalue weighted by Gasteiger charge is 2.22. The lowest BCUT2D eigenvalue weighted by molar-refractivity contribution is 0.0921. The highest BCUT2D eigenvalue weighted by atomic mass is 19.1. The lowest BCUT2D eigenvalue weighted by Crippen LogP contribution is -2.38. The van der Waals surface area contributed by atoms with Crippen LogP contribution in [0.4, 0.5) is 10.2 Å². The Morgan fingerprint density at radius 1 is 1.47 bits per heavy atom. The second-order valence-corrected chi connectivity index (χ2v) is 5.24. The third-order valence-corrected chi connectivity index (χ3v) is 3.61. The first kappa shape index (κ1) is 13.8. The van der Waals surface area contributed by atoms with Gasteiger partial charge in [-0.15, -0.1) is 0 Å². The number of halogens is 1. The van der Waals surface area contributed by atoms with Crippen LogP contribution in [0.15, 0.2) is 12.3 Å². The SMILES string of the molecule is CNc1ncc(F)cc1C(=O)NC1CCCC(C)C1. The lowest BCUT2D eigenvalue weighted by atomic mass is 9.87. The molecule has 0 radical (unpaired) electrons. The van der Waals surface area contributed by atoms with Gasteiger partial charge >= 0.3 is 0 Å². The van der Waals surface area contributed by atoms with Gasteiger partial charge in [0, 0.05) is 13.1 Å². The van der Waals surface area contributed by atoms with Crippen LogP contribution in [-0.4, -0.2) is 24.0 Å². The number of nitrogens with one attached hydrogen (secondary N) is 2. The Morgan fingerprint density at radius 2 is 2.26 bits per heavy atom. The molecule has 2 N–H and O–H groups in total. The third-order valence-electron chi connectivity index (χ3n) is 3.61. The fourth-order valence-electron chi connectivity index (χ4n) is 2.64. The summed E-state index contributed by atoms with van der Waals surface area (Å²) in [6.07, 6.45) is 5.43. The van der Waals surface area contributed by atoms with E-state index in [0.29, 0.717) is 11.7 Å². The van der Waals surface area contributed by atoms with Crippen molar-refractivity contribution in [2.24, 2.45) is 5.92 Å². The van der Waals surface area contributed by atoms with Gasteiger partial charge in [-0.2, -0.15) is 0 Å². The van der Waals surface area contributed by atoms with Gasteiger partial charge < -0.3 is 10.6 Å². The van der Waals surface area contributed by atoms with Crippen molar-refractivity contribution in [2.75, 3.05) is 12.4 Å². The van der Waals surface area contributed by atoms with Crippen LogP contribution in [0.5, 0.6) is 0 Å². The molecule has 0 spiro atoms. The minimum absolute atomic E-state index is 0.184. The molecule has 104 valence electrons. The first-order valence-corrected chi connectivity index (χ1v) is 6.74. The molecule has 1 saturated carbocycles. The van der Waals surface area contributed by atoms with E-state index in [4.69, 9.17) is 0 Å². The Kier molecular flexibility index (Phi) is 4.35. The molecule has 0 bridgehead atoms. The predicted octanol–water partition coefficient (Wildman–Crippen LogP) is 2.57. The molecule has 2 unspecified atom stereocenters. The molecule has 1 fully saturated rings. The average Bonchev–Trinajstić information content (AvgIpc) is 2.38. The third kappa shape index (κ3) is 3.43. The Hall–Kier alpha value is -1.65. The maximum Gasteiger partial charge on any atom is 0.255 e. The normalized spacial score (nSPS) is 22.9. The molecule has 1 aliphatic carbocycles. The number of hydrogen-bond donors (Lipinski definition) is 2. The quantitative estimate of drug-likeness (QED) is 0.883. The number of hydrogen-bond acceptors (Lipinski definition) is 3. The number of amides is 1. The Labute approximate surface area is 112 Å².